The van der Waals surface area contributed by atoms with E-state index in [4.69, 9.17) is 16.4 Å². The predicted octanol–water partition coefficient (Wildman–Crippen LogP) is 4.59. The number of carbonyl (C=O) groups is 1. The Morgan fingerprint density at radius 1 is 1.10 bits per heavy atom. The maximum Gasteiger partial charge on any atom is 0.367 e. The van der Waals surface area contributed by atoms with Gasteiger partial charge in [-0.05, 0) is 30.7 Å². The van der Waals surface area contributed by atoms with E-state index in [1.807, 2.05) is 36.4 Å². The van der Waals surface area contributed by atoms with E-state index < -0.39 is 5.97 Å². The number of benzene rings is 2. The molecule has 0 saturated heterocycles. The molecule has 0 fully saturated rings. The second kappa shape index (κ2) is 7.41. The van der Waals surface area contributed by atoms with E-state index >= 15 is 0 Å². The summed E-state index contributed by atoms with van der Waals surface area (Å²) >= 11 is 5.91. The number of carbonyl (C=O) groups excluding carboxylic acids is 1. The molecule has 2 rings (SSSR count). The maximum absolute atomic E-state index is 11.8. The van der Waals surface area contributed by atoms with Crippen LogP contribution in [0.1, 0.15) is 22.8 Å². The van der Waals surface area contributed by atoms with Crippen molar-refractivity contribution < 1.29 is 9.63 Å². The van der Waals surface area contributed by atoms with Crippen molar-refractivity contribution in [3.63, 3.8) is 0 Å². The molecule has 0 saturated carbocycles. The second-order valence-corrected chi connectivity index (χ2v) is 4.74. The molecular weight excluding hydrogens is 286 g/mol. The van der Waals surface area contributed by atoms with Crippen LogP contribution in [-0.2, 0) is 4.84 Å². The van der Waals surface area contributed by atoms with Crippen LogP contribution in [0.25, 0.3) is 6.08 Å². The summed E-state index contributed by atoms with van der Waals surface area (Å²) < 4.78 is 0. The van der Waals surface area contributed by atoms with Gasteiger partial charge in [0, 0.05) is 0 Å². The average Bonchev–Trinajstić information content (AvgIpc) is 2.52. The molecule has 2 aromatic carbocycles. The highest BCUT2D eigenvalue weighted by molar-refractivity contribution is 6.33. The minimum Gasteiger partial charge on any atom is -0.312 e. The molecule has 3 nitrogen and oxygen atoms in total. The van der Waals surface area contributed by atoms with Gasteiger partial charge in [-0.25, -0.2) is 4.79 Å². The van der Waals surface area contributed by atoms with Crippen LogP contribution in [0.2, 0.25) is 5.02 Å². The average molecular weight is 300 g/mol. The Kier molecular flexibility index (Phi) is 5.29. The third-order valence-corrected chi connectivity index (χ3v) is 3.01. The van der Waals surface area contributed by atoms with Crippen molar-refractivity contribution in [3.8, 4) is 0 Å². The summed E-state index contributed by atoms with van der Waals surface area (Å²) in [4.78, 5) is 16.7. The zero-order chi connectivity index (χ0) is 15.1. The van der Waals surface area contributed by atoms with E-state index in [0.717, 1.165) is 5.56 Å². The summed E-state index contributed by atoms with van der Waals surface area (Å²) in [7, 11) is 0. The van der Waals surface area contributed by atoms with Crippen LogP contribution in [0.3, 0.4) is 0 Å². The molecular formula is C17H14ClNO2. The molecule has 0 aromatic heterocycles. The normalized spacial score (nSPS) is 11.6. The Morgan fingerprint density at radius 3 is 2.48 bits per heavy atom. The van der Waals surface area contributed by atoms with Gasteiger partial charge in [-0.1, -0.05) is 65.3 Å². The fourth-order valence-electron chi connectivity index (χ4n) is 1.60. The molecule has 0 bridgehead atoms. The summed E-state index contributed by atoms with van der Waals surface area (Å²) in [5.74, 6) is -0.576. The Hall–Kier alpha value is -2.39. The molecule has 0 spiro atoms. The summed E-state index contributed by atoms with van der Waals surface area (Å²) in [6.07, 6.45) is 3.66. The molecule has 0 radical (unpaired) electrons. The van der Waals surface area contributed by atoms with Gasteiger partial charge in [-0.15, -0.1) is 0 Å². The van der Waals surface area contributed by atoms with Crippen molar-refractivity contribution in [1.82, 2.24) is 0 Å². The molecule has 0 aliphatic carbocycles. The van der Waals surface area contributed by atoms with E-state index in [9.17, 15) is 4.79 Å². The van der Waals surface area contributed by atoms with Gasteiger partial charge in [0.1, 0.15) is 0 Å². The number of allylic oxidation sites excluding steroid dienone is 1. The summed E-state index contributed by atoms with van der Waals surface area (Å²) in [6.45, 7) is 1.75. The Labute approximate surface area is 128 Å². The molecule has 0 atom stereocenters. The SMILES string of the molecule is CC(/C=C/c1ccccc1)=NOC(=O)c1ccccc1Cl. The van der Waals surface area contributed by atoms with E-state index in [-0.39, 0.29) is 0 Å². The molecule has 0 aliphatic rings. The lowest BCUT2D eigenvalue weighted by atomic mass is 10.2. The first kappa shape index (κ1) is 15.0. The van der Waals surface area contributed by atoms with Gasteiger partial charge in [-0.2, -0.15) is 0 Å². The third kappa shape index (κ3) is 4.58. The first-order valence-corrected chi connectivity index (χ1v) is 6.78. The summed E-state index contributed by atoms with van der Waals surface area (Å²) in [6, 6.07) is 16.5. The molecule has 0 unspecified atom stereocenters. The molecule has 2 aromatic rings. The zero-order valence-electron chi connectivity index (χ0n) is 11.5. The molecule has 4 heteroatoms. The van der Waals surface area contributed by atoms with Crippen LogP contribution in [-0.4, -0.2) is 11.7 Å². The number of oxime groups is 1. The number of nitrogens with zero attached hydrogens (tertiary/aromatic N) is 1. The van der Waals surface area contributed by atoms with E-state index in [1.165, 1.54) is 0 Å². The van der Waals surface area contributed by atoms with E-state index in [1.54, 1.807) is 37.3 Å². The van der Waals surface area contributed by atoms with Crippen LogP contribution in [0.4, 0.5) is 0 Å². The van der Waals surface area contributed by atoms with Crippen LogP contribution < -0.4 is 0 Å². The lowest BCUT2D eigenvalue weighted by molar-refractivity contribution is 0.0517. The fraction of sp³-hybridized carbons (Fsp3) is 0.0588. The van der Waals surface area contributed by atoms with Gasteiger partial charge in [-0.3, -0.25) is 0 Å². The minimum absolute atomic E-state index is 0.294. The van der Waals surface area contributed by atoms with Crippen molar-refractivity contribution in [2.24, 2.45) is 5.16 Å². The highest BCUT2D eigenvalue weighted by atomic mass is 35.5. The van der Waals surface area contributed by atoms with Crippen molar-refractivity contribution in [1.29, 1.82) is 0 Å². The largest absolute Gasteiger partial charge is 0.367 e. The quantitative estimate of drug-likeness (QED) is 0.470. The maximum atomic E-state index is 11.8. The molecule has 0 heterocycles. The third-order valence-electron chi connectivity index (χ3n) is 2.68. The van der Waals surface area contributed by atoms with Gasteiger partial charge >= 0.3 is 5.97 Å². The molecule has 0 amide bonds. The zero-order valence-corrected chi connectivity index (χ0v) is 12.2. The van der Waals surface area contributed by atoms with E-state index in [0.29, 0.717) is 16.3 Å². The van der Waals surface area contributed by atoms with Gasteiger partial charge in [0.25, 0.3) is 0 Å². The van der Waals surface area contributed by atoms with Crippen LogP contribution >= 0.6 is 11.6 Å². The first-order valence-electron chi connectivity index (χ1n) is 6.40. The van der Waals surface area contributed by atoms with Crippen LogP contribution in [0.5, 0.6) is 0 Å². The Morgan fingerprint density at radius 2 is 1.76 bits per heavy atom. The summed E-state index contributed by atoms with van der Waals surface area (Å²) in [5.41, 5.74) is 1.92. The standard InChI is InChI=1S/C17H14ClNO2/c1-13(11-12-14-7-3-2-4-8-14)19-21-17(20)15-9-5-6-10-16(15)18/h2-12H,1H3/b12-11+,19-13?. The van der Waals surface area contributed by atoms with E-state index in [2.05, 4.69) is 5.16 Å². The molecule has 21 heavy (non-hydrogen) atoms. The Bertz CT molecular complexity index is 678. The van der Waals surface area contributed by atoms with Crippen LogP contribution in [0.15, 0.2) is 65.8 Å². The smallest absolute Gasteiger partial charge is 0.312 e. The Balaban J connectivity index is 1.99. The van der Waals surface area contributed by atoms with Crippen molar-refractivity contribution >= 4 is 29.4 Å². The van der Waals surface area contributed by atoms with Gasteiger partial charge < -0.3 is 4.84 Å². The fourth-order valence-corrected chi connectivity index (χ4v) is 1.81. The van der Waals surface area contributed by atoms with Gasteiger partial charge in [0.15, 0.2) is 0 Å². The lowest BCUT2D eigenvalue weighted by Gasteiger charge is -2.00. The predicted molar refractivity (Wildman–Crippen MR) is 85.5 cm³/mol. The van der Waals surface area contributed by atoms with Crippen LogP contribution in [0, 0.1) is 0 Å². The minimum atomic E-state index is -0.576. The van der Waals surface area contributed by atoms with Crippen molar-refractivity contribution in [2.45, 2.75) is 6.92 Å². The topological polar surface area (TPSA) is 38.7 Å². The van der Waals surface area contributed by atoms with Crippen molar-refractivity contribution in [3.05, 3.63) is 76.8 Å². The second-order valence-electron chi connectivity index (χ2n) is 4.34. The number of rotatable bonds is 4. The number of halogens is 1. The highest BCUT2D eigenvalue weighted by Crippen LogP contribution is 2.15. The van der Waals surface area contributed by atoms with Crippen molar-refractivity contribution in [2.75, 3.05) is 0 Å². The van der Waals surface area contributed by atoms with Gasteiger partial charge in [0.05, 0.1) is 16.3 Å². The summed E-state index contributed by atoms with van der Waals surface area (Å²) in [5, 5.41) is 4.12. The van der Waals surface area contributed by atoms with Gasteiger partial charge in [0.2, 0.25) is 0 Å². The number of hydrogen-bond donors (Lipinski definition) is 0. The monoisotopic (exact) mass is 299 g/mol. The lowest BCUT2D eigenvalue weighted by Crippen LogP contribution is -2.02. The molecule has 106 valence electrons. The first-order chi connectivity index (χ1) is 10.2. The number of hydrogen-bond acceptors (Lipinski definition) is 3. The molecule has 0 aliphatic heterocycles. The highest BCUT2D eigenvalue weighted by Gasteiger charge is 2.10. The molecule has 0 N–H and O–H groups in total.